The van der Waals surface area contributed by atoms with Crippen molar-refractivity contribution in [3.63, 3.8) is 0 Å². The molecule has 1 rings (SSSR count). The normalized spacial score (nSPS) is 25.3. The molecule has 0 aliphatic carbocycles. The summed E-state index contributed by atoms with van der Waals surface area (Å²) in [6, 6.07) is 0. The van der Waals surface area contributed by atoms with Crippen molar-refractivity contribution >= 4 is 0 Å². The minimum absolute atomic E-state index is 0.0626. The van der Waals surface area contributed by atoms with Gasteiger partial charge in [0.1, 0.15) is 0 Å². The van der Waals surface area contributed by atoms with Crippen molar-refractivity contribution < 1.29 is 18.3 Å². The number of likely N-dealkylation sites (tertiary alicyclic amines) is 1. The molecule has 2 atom stereocenters. The molecular formula is C13H25F3N2O. The minimum Gasteiger partial charge on any atom is -0.394 e. The van der Waals surface area contributed by atoms with Crippen molar-refractivity contribution in [2.45, 2.75) is 50.7 Å². The van der Waals surface area contributed by atoms with Gasteiger partial charge in [0.15, 0.2) is 0 Å². The van der Waals surface area contributed by atoms with E-state index in [0.29, 0.717) is 19.4 Å². The number of halogens is 3. The molecule has 3 nitrogen and oxygen atoms in total. The van der Waals surface area contributed by atoms with Crippen LogP contribution in [0, 0.1) is 5.92 Å². The highest BCUT2D eigenvalue weighted by molar-refractivity contribution is 4.79. The highest BCUT2D eigenvalue weighted by atomic mass is 19.4. The number of alkyl halides is 3. The van der Waals surface area contributed by atoms with Crippen molar-refractivity contribution in [3.8, 4) is 0 Å². The van der Waals surface area contributed by atoms with Gasteiger partial charge in [-0.05, 0) is 45.7 Å². The lowest BCUT2D eigenvalue weighted by atomic mass is 9.95. The number of hydrogen-bond acceptors (Lipinski definition) is 3. The molecule has 0 radical (unpaired) electrons. The molecule has 19 heavy (non-hydrogen) atoms. The second kappa shape index (κ2) is 6.90. The summed E-state index contributed by atoms with van der Waals surface area (Å²) >= 11 is 0. The molecule has 1 heterocycles. The fourth-order valence-electron chi connectivity index (χ4n) is 2.47. The third kappa shape index (κ3) is 6.10. The van der Waals surface area contributed by atoms with Crippen LogP contribution in [0.15, 0.2) is 0 Å². The van der Waals surface area contributed by atoms with E-state index in [-0.39, 0.29) is 19.6 Å². The minimum atomic E-state index is -4.06. The van der Waals surface area contributed by atoms with Crippen molar-refractivity contribution in [2.75, 3.05) is 26.2 Å². The summed E-state index contributed by atoms with van der Waals surface area (Å²) in [6.45, 7) is 3.30. The summed E-state index contributed by atoms with van der Waals surface area (Å²) in [5.41, 5.74) is 5.23. The average Bonchev–Trinajstić information content (AvgIpc) is 2.34. The SMILES string of the molecule is CC(N)(CO)CCCCN1CCCC(C(F)(F)F)C1. The lowest BCUT2D eigenvalue weighted by molar-refractivity contribution is -0.186. The summed E-state index contributed by atoms with van der Waals surface area (Å²) in [4.78, 5) is 1.90. The van der Waals surface area contributed by atoms with Gasteiger partial charge in [0.25, 0.3) is 0 Å². The third-order valence-corrected chi connectivity index (χ3v) is 3.80. The van der Waals surface area contributed by atoms with E-state index in [4.69, 9.17) is 10.8 Å². The highest BCUT2D eigenvalue weighted by Gasteiger charge is 2.41. The van der Waals surface area contributed by atoms with E-state index in [2.05, 4.69) is 0 Å². The molecule has 0 aromatic carbocycles. The Labute approximate surface area is 113 Å². The first-order chi connectivity index (χ1) is 8.74. The first kappa shape index (κ1) is 16.7. The molecule has 114 valence electrons. The topological polar surface area (TPSA) is 49.5 Å². The van der Waals surface area contributed by atoms with E-state index in [1.807, 2.05) is 4.90 Å². The van der Waals surface area contributed by atoms with Crippen molar-refractivity contribution in [3.05, 3.63) is 0 Å². The van der Waals surface area contributed by atoms with Gasteiger partial charge >= 0.3 is 6.18 Å². The van der Waals surface area contributed by atoms with Crippen LogP contribution in [0.5, 0.6) is 0 Å². The average molecular weight is 282 g/mol. The molecule has 0 bridgehead atoms. The molecule has 1 saturated heterocycles. The standard InChI is InChI=1S/C13H25F3N2O/c1-12(17,10-19)6-2-3-7-18-8-4-5-11(9-18)13(14,15)16/h11,19H,2-10,17H2,1H3. The lowest BCUT2D eigenvalue weighted by Crippen LogP contribution is -2.42. The van der Waals surface area contributed by atoms with Gasteiger partial charge in [-0.25, -0.2) is 0 Å². The van der Waals surface area contributed by atoms with Crippen LogP contribution >= 0.6 is 0 Å². The summed E-state index contributed by atoms with van der Waals surface area (Å²) < 4.78 is 37.9. The lowest BCUT2D eigenvalue weighted by Gasteiger charge is -2.33. The maximum Gasteiger partial charge on any atom is 0.393 e. The number of aliphatic hydroxyl groups excluding tert-OH is 1. The molecule has 0 amide bonds. The summed E-state index contributed by atoms with van der Waals surface area (Å²) in [5, 5.41) is 9.01. The second-order valence-corrected chi connectivity index (χ2v) is 5.95. The molecule has 0 aromatic rings. The van der Waals surface area contributed by atoms with Crippen LogP contribution in [0.3, 0.4) is 0 Å². The van der Waals surface area contributed by atoms with Gasteiger partial charge in [-0.15, -0.1) is 0 Å². The maximum atomic E-state index is 12.6. The zero-order valence-electron chi connectivity index (χ0n) is 11.5. The predicted molar refractivity (Wildman–Crippen MR) is 68.7 cm³/mol. The van der Waals surface area contributed by atoms with E-state index >= 15 is 0 Å². The zero-order chi connectivity index (χ0) is 14.5. The molecule has 3 N–H and O–H groups in total. The largest absolute Gasteiger partial charge is 0.394 e. The van der Waals surface area contributed by atoms with Crippen LogP contribution in [0.25, 0.3) is 0 Å². The van der Waals surface area contributed by atoms with Crippen LogP contribution in [0.4, 0.5) is 13.2 Å². The maximum absolute atomic E-state index is 12.6. The van der Waals surface area contributed by atoms with Gasteiger partial charge in [-0.1, -0.05) is 6.42 Å². The highest BCUT2D eigenvalue weighted by Crippen LogP contribution is 2.33. The van der Waals surface area contributed by atoms with Gasteiger partial charge in [-0.3, -0.25) is 0 Å². The van der Waals surface area contributed by atoms with Crippen molar-refractivity contribution in [1.82, 2.24) is 4.90 Å². The van der Waals surface area contributed by atoms with Gasteiger partial charge in [0, 0.05) is 12.1 Å². The molecule has 1 fully saturated rings. The molecule has 2 unspecified atom stereocenters. The first-order valence-corrected chi connectivity index (χ1v) is 6.93. The van der Waals surface area contributed by atoms with E-state index < -0.39 is 17.6 Å². The number of nitrogens with zero attached hydrogens (tertiary/aromatic N) is 1. The van der Waals surface area contributed by atoms with Crippen LogP contribution in [0.2, 0.25) is 0 Å². The molecule has 1 aliphatic rings. The van der Waals surface area contributed by atoms with Gasteiger partial charge in [-0.2, -0.15) is 13.2 Å². The van der Waals surface area contributed by atoms with Crippen molar-refractivity contribution in [2.24, 2.45) is 11.7 Å². The number of nitrogens with two attached hydrogens (primary N) is 1. The fourth-order valence-corrected chi connectivity index (χ4v) is 2.47. The van der Waals surface area contributed by atoms with Gasteiger partial charge in [0.2, 0.25) is 0 Å². The molecule has 1 aliphatic heterocycles. The quantitative estimate of drug-likeness (QED) is 0.734. The Morgan fingerprint density at radius 3 is 2.58 bits per heavy atom. The Morgan fingerprint density at radius 2 is 2.00 bits per heavy atom. The first-order valence-electron chi connectivity index (χ1n) is 6.93. The van der Waals surface area contributed by atoms with Crippen LogP contribution < -0.4 is 5.73 Å². The number of rotatable bonds is 6. The van der Waals surface area contributed by atoms with E-state index in [9.17, 15) is 13.2 Å². The van der Waals surface area contributed by atoms with Crippen molar-refractivity contribution in [1.29, 1.82) is 0 Å². The Hall–Kier alpha value is -0.330. The molecule has 0 spiro atoms. The number of piperidine rings is 1. The number of aliphatic hydroxyl groups is 1. The third-order valence-electron chi connectivity index (χ3n) is 3.80. The van der Waals surface area contributed by atoms with Crippen LogP contribution in [0.1, 0.15) is 39.0 Å². The monoisotopic (exact) mass is 282 g/mol. The smallest absolute Gasteiger partial charge is 0.393 e. The van der Waals surface area contributed by atoms with Gasteiger partial charge < -0.3 is 15.7 Å². The van der Waals surface area contributed by atoms with Crippen LogP contribution in [-0.4, -0.2) is 48.0 Å². The fraction of sp³-hybridized carbons (Fsp3) is 1.00. The predicted octanol–water partition coefficient (Wildman–Crippen LogP) is 2.14. The summed E-state index contributed by atoms with van der Waals surface area (Å²) in [6.07, 6.45) is -0.829. The zero-order valence-corrected chi connectivity index (χ0v) is 11.5. The molecule has 6 heteroatoms. The van der Waals surface area contributed by atoms with Gasteiger partial charge in [0.05, 0.1) is 12.5 Å². The summed E-state index contributed by atoms with van der Waals surface area (Å²) in [7, 11) is 0. The molecule has 0 aromatic heterocycles. The molecule has 0 saturated carbocycles. The Bertz CT molecular complexity index is 269. The Morgan fingerprint density at radius 1 is 1.32 bits per heavy atom. The van der Waals surface area contributed by atoms with E-state index in [1.165, 1.54) is 0 Å². The second-order valence-electron chi connectivity index (χ2n) is 5.95. The van der Waals surface area contributed by atoms with E-state index in [0.717, 1.165) is 19.4 Å². The Kier molecular flexibility index (Phi) is 6.08. The Balaban J connectivity index is 2.23. The number of hydrogen-bond donors (Lipinski definition) is 2. The molecular weight excluding hydrogens is 257 g/mol. The summed E-state index contributed by atoms with van der Waals surface area (Å²) in [5.74, 6) is -1.17. The van der Waals surface area contributed by atoms with E-state index in [1.54, 1.807) is 6.92 Å². The van der Waals surface area contributed by atoms with Crippen LogP contribution in [-0.2, 0) is 0 Å². The number of unbranched alkanes of at least 4 members (excludes halogenated alkanes) is 1.